The highest BCUT2D eigenvalue weighted by atomic mass is 16.3. The van der Waals surface area contributed by atoms with Crippen LogP contribution in [0.1, 0.15) is 38.6 Å². The third-order valence-corrected chi connectivity index (χ3v) is 2.88. The first-order valence-corrected chi connectivity index (χ1v) is 6.53. The number of hydrazine groups is 1. The van der Waals surface area contributed by atoms with E-state index in [4.69, 9.17) is 5.84 Å². The van der Waals surface area contributed by atoms with Crippen LogP contribution in [0.15, 0.2) is 0 Å². The minimum atomic E-state index is -0.768. The summed E-state index contributed by atoms with van der Waals surface area (Å²) < 4.78 is 0. The van der Waals surface area contributed by atoms with Crippen LogP contribution in [0.2, 0.25) is 0 Å². The monoisotopic (exact) mass is 267 g/mol. The number of hydrogen-bond donors (Lipinski definition) is 4. The van der Waals surface area contributed by atoms with Gasteiger partial charge < -0.3 is 15.8 Å². The zero-order chi connectivity index (χ0) is 14.6. The molecular weight excluding hydrogens is 242 g/mol. The Morgan fingerprint density at radius 1 is 1.26 bits per heavy atom. The van der Waals surface area contributed by atoms with Gasteiger partial charge >= 0.3 is 0 Å². The van der Waals surface area contributed by atoms with Crippen LogP contribution in [0, 0.1) is 19.8 Å². The van der Waals surface area contributed by atoms with Crippen molar-refractivity contribution in [3.05, 3.63) is 11.4 Å². The van der Waals surface area contributed by atoms with Gasteiger partial charge in [-0.05, 0) is 33.1 Å². The topological polar surface area (TPSA) is 96.1 Å². The Morgan fingerprint density at radius 3 is 2.37 bits per heavy atom. The summed E-state index contributed by atoms with van der Waals surface area (Å²) in [6.45, 7) is 10.1. The van der Waals surface area contributed by atoms with E-state index in [1.54, 1.807) is 6.92 Å². The van der Waals surface area contributed by atoms with E-state index in [-0.39, 0.29) is 0 Å². The van der Waals surface area contributed by atoms with Gasteiger partial charge in [-0.2, -0.15) is 0 Å². The average molecular weight is 267 g/mol. The van der Waals surface area contributed by atoms with E-state index in [0.717, 1.165) is 12.0 Å². The second-order valence-corrected chi connectivity index (χ2v) is 5.69. The van der Waals surface area contributed by atoms with Gasteiger partial charge in [0.1, 0.15) is 17.5 Å². The normalized spacial score (nSPS) is 14.3. The molecule has 0 amide bonds. The van der Waals surface area contributed by atoms with Gasteiger partial charge in [-0.1, -0.05) is 13.8 Å². The van der Waals surface area contributed by atoms with Crippen LogP contribution in [0.4, 0.5) is 11.6 Å². The molecule has 108 valence electrons. The van der Waals surface area contributed by atoms with E-state index in [9.17, 15) is 5.11 Å². The number of nitrogens with two attached hydrogens (primary N) is 1. The van der Waals surface area contributed by atoms with Crippen LogP contribution in [0.3, 0.4) is 0 Å². The molecule has 0 bridgehead atoms. The van der Waals surface area contributed by atoms with Crippen molar-refractivity contribution in [2.24, 2.45) is 11.8 Å². The van der Waals surface area contributed by atoms with E-state index in [1.165, 1.54) is 0 Å². The van der Waals surface area contributed by atoms with Gasteiger partial charge in [0.15, 0.2) is 0 Å². The summed E-state index contributed by atoms with van der Waals surface area (Å²) in [6, 6.07) is 0. The fourth-order valence-corrected chi connectivity index (χ4v) is 2.17. The summed E-state index contributed by atoms with van der Waals surface area (Å²) in [7, 11) is 0. The number of aryl methyl sites for hydroxylation is 1. The maximum atomic E-state index is 10.3. The minimum Gasteiger partial charge on any atom is -0.388 e. The molecule has 0 fully saturated rings. The molecule has 1 atom stereocenters. The van der Waals surface area contributed by atoms with Gasteiger partial charge in [-0.25, -0.2) is 15.8 Å². The lowest BCUT2D eigenvalue weighted by Crippen LogP contribution is -2.35. The van der Waals surface area contributed by atoms with Crippen LogP contribution in [-0.2, 0) is 0 Å². The van der Waals surface area contributed by atoms with Crippen LogP contribution in [-0.4, -0.2) is 27.2 Å². The summed E-state index contributed by atoms with van der Waals surface area (Å²) >= 11 is 0. The van der Waals surface area contributed by atoms with E-state index in [1.807, 2.05) is 13.8 Å². The molecule has 0 saturated carbocycles. The number of anilines is 2. The lowest BCUT2D eigenvalue weighted by atomic mass is 9.94. The SMILES string of the molecule is Cc1nc(NN)c(C)c(NCC(C)(O)CC(C)C)n1. The minimum absolute atomic E-state index is 0.436. The summed E-state index contributed by atoms with van der Waals surface area (Å²) in [5, 5.41) is 13.5. The highest BCUT2D eigenvalue weighted by Gasteiger charge is 2.22. The van der Waals surface area contributed by atoms with Crippen LogP contribution >= 0.6 is 0 Å². The van der Waals surface area contributed by atoms with Crippen LogP contribution < -0.4 is 16.6 Å². The molecule has 1 rings (SSSR count). The maximum absolute atomic E-state index is 10.3. The Balaban J connectivity index is 2.80. The first-order valence-electron chi connectivity index (χ1n) is 6.53. The molecule has 0 aliphatic carbocycles. The van der Waals surface area contributed by atoms with Crippen molar-refractivity contribution >= 4 is 11.6 Å². The predicted octanol–water partition coefficient (Wildman–Crippen LogP) is 1.59. The van der Waals surface area contributed by atoms with Crippen molar-refractivity contribution in [1.29, 1.82) is 0 Å². The van der Waals surface area contributed by atoms with Crippen molar-refractivity contribution in [3.8, 4) is 0 Å². The molecule has 5 N–H and O–H groups in total. The standard InChI is InChI=1S/C13H25N5O/c1-8(2)6-13(5,19)7-15-11-9(3)12(18-14)17-10(4)16-11/h8,19H,6-7,14H2,1-5H3,(H2,15,16,17,18). The van der Waals surface area contributed by atoms with Crippen molar-refractivity contribution in [1.82, 2.24) is 9.97 Å². The molecular formula is C13H25N5O. The molecule has 1 aromatic heterocycles. The number of aliphatic hydroxyl groups is 1. The predicted molar refractivity (Wildman–Crippen MR) is 77.9 cm³/mol. The molecule has 1 heterocycles. The second-order valence-electron chi connectivity index (χ2n) is 5.69. The third kappa shape index (κ3) is 4.65. The Labute approximate surface area is 114 Å². The molecule has 6 heteroatoms. The van der Waals surface area contributed by atoms with Crippen molar-refractivity contribution in [3.63, 3.8) is 0 Å². The molecule has 1 unspecified atom stereocenters. The fraction of sp³-hybridized carbons (Fsp3) is 0.692. The zero-order valence-electron chi connectivity index (χ0n) is 12.4. The lowest BCUT2D eigenvalue weighted by Gasteiger charge is -2.26. The lowest BCUT2D eigenvalue weighted by molar-refractivity contribution is 0.0514. The molecule has 0 aliphatic heterocycles. The van der Waals surface area contributed by atoms with Crippen molar-refractivity contribution < 1.29 is 5.11 Å². The molecule has 0 radical (unpaired) electrons. The molecule has 0 aromatic carbocycles. The van der Waals surface area contributed by atoms with Crippen molar-refractivity contribution in [2.45, 2.75) is 46.6 Å². The summed E-state index contributed by atoms with van der Waals surface area (Å²) in [4.78, 5) is 8.53. The quantitative estimate of drug-likeness (QED) is 0.462. The highest BCUT2D eigenvalue weighted by Crippen LogP contribution is 2.21. The highest BCUT2D eigenvalue weighted by molar-refractivity contribution is 5.56. The number of nitrogen functional groups attached to an aromatic ring is 1. The molecule has 0 aliphatic rings. The van der Waals surface area contributed by atoms with Gasteiger partial charge in [0.05, 0.1) is 5.60 Å². The van der Waals surface area contributed by atoms with Crippen molar-refractivity contribution in [2.75, 3.05) is 17.3 Å². The summed E-state index contributed by atoms with van der Waals surface area (Å²) in [5.41, 5.74) is 2.63. The Bertz CT molecular complexity index is 431. The largest absolute Gasteiger partial charge is 0.388 e. The van der Waals surface area contributed by atoms with Gasteiger partial charge in [-0.3, -0.25) is 0 Å². The molecule has 1 aromatic rings. The Morgan fingerprint density at radius 2 is 1.84 bits per heavy atom. The third-order valence-electron chi connectivity index (χ3n) is 2.88. The zero-order valence-corrected chi connectivity index (χ0v) is 12.4. The molecule has 6 nitrogen and oxygen atoms in total. The molecule has 0 spiro atoms. The van der Waals surface area contributed by atoms with E-state index in [2.05, 4.69) is 34.6 Å². The van der Waals surface area contributed by atoms with E-state index < -0.39 is 5.60 Å². The van der Waals surface area contributed by atoms with Gasteiger partial charge in [0.25, 0.3) is 0 Å². The average Bonchev–Trinajstić information content (AvgIpc) is 2.28. The van der Waals surface area contributed by atoms with Gasteiger partial charge in [0, 0.05) is 12.1 Å². The number of aromatic nitrogens is 2. The first-order chi connectivity index (χ1) is 8.75. The van der Waals surface area contributed by atoms with Gasteiger partial charge in [-0.15, -0.1) is 0 Å². The number of nitrogens with zero attached hydrogens (tertiary/aromatic N) is 2. The molecule has 19 heavy (non-hydrogen) atoms. The maximum Gasteiger partial charge on any atom is 0.148 e. The van der Waals surface area contributed by atoms with E-state index >= 15 is 0 Å². The van der Waals surface area contributed by atoms with Crippen LogP contribution in [0.25, 0.3) is 0 Å². The number of rotatable bonds is 6. The molecule has 0 saturated heterocycles. The summed E-state index contributed by atoms with van der Waals surface area (Å²) in [5.74, 6) is 7.78. The smallest absolute Gasteiger partial charge is 0.148 e. The van der Waals surface area contributed by atoms with Gasteiger partial charge in [0.2, 0.25) is 0 Å². The summed E-state index contributed by atoms with van der Waals surface area (Å²) in [6.07, 6.45) is 0.727. The first kappa shape index (κ1) is 15.7. The number of nitrogens with one attached hydrogen (secondary N) is 2. The second kappa shape index (κ2) is 6.16. The van der Waals surface area contributed by atoms with E-state index in [0.29, 0.717) is 29.9 Å². The Kier molecular flexibility index (Phi) is 5.08. The van der Waals surface area contributed by atoms with Crippen LogP contribution in [0.5, 0.6) is 0 Å². The number of hydrogen-bond acceptors (Lipinski definition) is 6. The fourth-order valence-electron chi connectivity index (χ4n) is 2.17. The Hall–Kier alpha value is -1.40.